The van der Waals surface area contributed by atoms with E-state index in [9.17, 15) is 9.90 Å². The smallest absolute Gasteiger partial charge is 0.321 e. The fourth-order valence-electron chi connectivity index (χ4n) is 4.46. The maximum atomic E-state index is 12.6. The minimum absolute atomic E-state index is 0.0574. The number of hydrogen-bond acceptors (Lipinski definition) is 3. The Morgan fingerprint density at radius 1 is 1.17 bits per heavy atom. The number of nitrogens with zero attached hydrogens (tertiary/aromatic N) is 3. The number of aliphatic hydroxyl groups is 1. The first-order valence-electron chi connectivity index (χ1n) is 9.49. The second-order valence-corrected chi connectivity index (χ2v) is 7.73. The van der Waals surface area contributed by atoms with E-state index in [4.69, 9.17) is 0 Å². The molecule has 0 radical (unpaired) electrons. The summed E-state index contributed by atoms with van der Waals surface area (Å²) in [5.74, 6) is 0.821. The molecule has 2 heterocycles. The lowest BCUT2D eigenvalue weighted by molar-refractivity contribution is 0.0144. The first-order valence-corrected chi connectivity index (χ1v) is 9.49. The van der Waals surface area contributed by atoms with E-state index in [0.29, 0.717) is 31.5 Å². The summed E-state index contributed by atoms with van der Waals surface area (Å²) in [6, 6.07) is 0.450. The third-order valence-corrected chi connectivity index (χ3v) is 6.21. The SMILES string of the molecule is O=C(Nc1cnn(C2CCC2)c1)N1CC[C@@H](O)[C@H](C2CCCC2)C1. The highest BCUT2D eigenvalue weighted by molar-refractivity contribution is 5.89. The van der Waals surface area contributed by atoms with Gasteiger partial charge in [0.2, 0.25) is 0 Å². The van der Waals surface area contributed by atoms with Crippen LogP contribution in [0.15, 0.2) is 12.4 Å². The van der Waals surface area contributed by atoms with Gasteiger partial charge in [0.25, 0.3) is 0 Å². The van der Waals surface area contributed by atoms with Gasteiger partial charge in [0.05, 0.1) is 24.0 Å². The zero-order chi connectivity index (χ0) is 16.5. The minimum Gasteiger partial charge on any atom is -0.393 e. The van der Waals surface area contributed by atoms with Crippen LogP contribution in [0.1, 0.15) is 57.4 Å². The van der Waals surface area contributed by atoms with Gasteiger partial charge in [-0.1, -0.05) is 25.7 Å². The van der Waals surface area contributed by atoms with Gasteiger partial charge in [0.1, 0.15) is 0 Å². The lowest BCUT2D eigenvalue weighted by Gasteiger charge is -2.39. The lowest BCUT2D eigenvalue weighted by atomic mass is 9.82. The van der Waals surface area contributed by atoms with E-state index in [0.717, 1.165) is 5.69 Å². The van der Waals surface area contributed by atoms with Crippen LogP contribution in [0.2, 0.25) is 0 Å². The third-order valence-electron chi connectivity index (χ3n) is 6.21. The fraction of sp³-hybridized carbons (Fsp3) is 0.778. The number of carbonyl (C=O) groups excluding carboxylic acids is 1. The molecule has 0 aromatic carbocycles. The molecule has 6 nitrogen and oxygen atoms in total. The van der Waals surface area contributed by atoms with Crippen molar-refractivity contribution < 1.29 is 9.90 Å². The summed E-state index contributed by atoms with van der Waals surface area (Å²) in [6.07, 6.45) is 12.7. The van der Waals surface area contributed by atoms with Crippen LogP contribution in [0.5, 0.6) is 0 Å². The van der Waals surface area contributed by atoms with Crippen molar-refractivity contribution in [2.45, 2.75) is 63.5 Å². The number of aliphatic hydroxyl groups excluding tert-OH is 1. The highest BCUT2D eigenvalue weighted by atomic mass is 16.3. The second kappa shape index (κ2) is 6.75. The molecule has 4 rings (SSSR count). The summed E-state index contributed by atoms with van der Waals surface area (Å²) in [7, 11) is 0. The van der Waals surface area contributed by atoms with E-state index in [1.807, 2.05) is 15.8 Å². The average molecular weight is 332 g/mol. The Morgan fingerprint density at radius 2 is 1.96 bits per heavy atom. The minimum atomic E-state index is -0.251. The summed E-state index contributed by atoms with van der Waals surface area (Å²) in [5, 5.41) is 17.7. The Kier molecular flexibility index (Phi) is 4.48. The summed E-state index contributed by atoms with van der Waals surface area (Å²) >= 11 is 0. The normalized spacial score (nSPS) is 28.8. The number of aromatic nitrogens is 2. The van der Waals surface area contributed by atoms with Gasteiger partial charge in [-0.3, -0.25) is 4.68 Å². The molecule has 1 aromatic heterocycles. The van der Waals surface area contributed by atoms with Crippen molar-refractivity contribution in [3.05, 3.63) is 12.4 Å². The van der Waals surface area contributed by atoms with Gasteiger partial charge >= 0.3 is 6.03 Å². The maximum Gasteiger partial charge on any atom is 0.321 e. The van der Waals surface area contributed by atoms with Crippen LogP contribution < -0.4 is 5.32 Å². The fourth-order valence-corrected chi connectivity index (χ4v) is 4.46. The van der Waals surface area contributed by atoms with Gasteiger partial charge in [-0.15, -0.1) is 0 Å². The van der Waals surface area contributed by atoms with Gasteiger partial charge < -0.3 is 15.3 Å². The summed E-state index contributed by atoms with van der Waals surface area (Å²) in [5.41, 5.74) is 0.774. The zero-order valence-electron chi connectivity index (χ0n) is 14.2. The molecule has 2 aliphatic carbocycles. The van der Waals surface area contributed by atoms with Crippen molar-refractivity contribution in [3.8, 4) is 0 Å². The van der Waals surface area contributed by atoms with E-state index in [2.05, 4.69) is 10.4 Å². The molecule has 0 spiro atoms. The Bertz CT molecular complexity index is 577. The topological polar surface area (TPSA) is 70.4 Å². The van der Waals surface area contributed by atoms with E-state index < -0.39 is 0 Å². The molecule has 24 heavy (non-hydrogen) atoms. The summed E-state index contributed by atoms with van der Waals surface area (Å²) in [4.78, 5) is 14.5. The maximum absolute atomic E-state index is 12.6. The van der Waals surface area contributed by atoms with Crippen LogP contribution in [-0.4, -0.2) is 45.0 Å². The number of likely N-dealkylation sites (tertiary alicyclic amines) is 1. The van der Waals surface area contributed by atoms with E-state index >= 15 is 0 Å². The molecule has 3 fully saturated rings. The average Bonchev–Trinajstić information content (AvgIpc) is 3.18. The third kappa shape index (κ3) is 3.16. The van der Waals surface area contributed by atoms with Gasteiger partial charge in [0, 0.05) is 25.2 Å². The van der Waals surface area contributed by atoms with Crippen molar-refractivity contribution in [1.29, 1.82) is 0 Å². The second-order valence-electron chi connectivity index (χ2n) is 7.73. The van der Waals surface area contributed by atoms with Gasteiger partial charge in [-0.05, 0) is 31.6 Å². The molecule has 2 amide bonds. The Hall–Kier alpha value is -1.56. The number of nitrogens with one attached hydrogen (secondary N) is 1. The Balaban J connectivity index is 1.35. The first kappa shape index (κ1) is 15.9. The van der Waals surface area contributed by atoms with Gasteiger partial charge in [0.15, 0.2) is 0 Å². The number of urea groups is 1. The molecule has 1 aromatic rings. The zero-order valence-corrected chi connectivity index (χ0v) is 14.2. The van der Waals surface area contributed by atoms with E-state index in [-0.39, 0.29) is 18.1 Å². The van der Waals surface area contributed by atoms with Crippen molar-refractivity contribution in [2.24, 2.45) is 11.8 Å². The quantitative estimate of drug-likeness (QED) is 0.894. The molecule has 2 atom stereocenters. The Labute approximate surface area is 143 Å². The molecule has 0 unspecified atom stereocenters. The first-order chi connectivity index (χ1) is 11.7. The summed E-state index contributed by atoms with van der Waals surface area (Å²) < 4.78 is 1.97. The molecule has 1 aliphatic heterocycles. The van der Waals surface area contributed by atoms with Gasteiger partial charge in [-0.2, -0.15) is 5.10 Å². The number of anilines is 1. The summed E-state index contributed by atoms with van der Waals surface area (Å²) in [6.45, 7) is 1.31. The predicted octanol–water partition coefficient (Wildman–Crippen LogP) is 3.01. The molecule has 0 bridgehead atoms. The molecule has 2 saturated carbocycles. The number of amides is 2. The molecule has 1 saturated heterocycles. The van der Waals surface area contributed by atoms with Crippen LogP contribution in [-0.2, 0) is 0 Å². The van der Waals surface area contributed by atoms with Gasteiger partial charge in [-0.25, -0.2) is 4.79 Å². The predicted molar refractivity (Wildman–Crippen MR) is 91.8 cm³/mol. The van der Waals surface area contributed by atoms with Crippen LogP contribution in [0.3, 0.4) is 0 Å². The monoisotopic (exact) mass is 332 g/mol. The highest BCUT2D eigenvalue weighted by Gasteiger charge is 2.36. The lowest BCUT2D eigenvalue weighted by Crippen LogP contribution is -2.49. The molecule has 132 valence electrons. The van der Waals surface area contributed by atoms with Crippen LogP contribution >= 0.6 is 0 Å². The van der Waals surface area contributed by atoms with E-state index in [1.54, 1.807) is 6.20 Å². The van der Waals surface area contributed by atoms with Crippen molar-refractivity contribution in [2.75, 3.05) is 18.4 Å². The largest absolute Gasteiger partial charge is 0.393 e. The number of piperidine rings is 1. The molecular formula is C18H28N4O2. The highest BCUT2D eigenvalue weighted by Crippen LogP contribution is 2.36. The number of rotatable bonds is 3. The van der Waals surface area contributed by atoms with Crippen molar-refractivity contribution in [1.82, 2.24) is 14.7 Å². The molecule has 3 aliphatic rings. The standard InChI is InChI=1S/C18H28N4O2/c23-17-8-9-21(12-16(17)13-4-1-2-5-13)18(24)20-14-10-19-22(11-14)15-6-3-7-15/h10-11,13,15-17,23H,1-9,12H2,(H,20,24)/t16-,17+/m0/s1. The van der Waals surface area contributed by atoms with Crippen molar-refractivity contribution >= 4 is 11.7 Å². The van der Waals surface area contributed by atoms with E-state index in [1.165, 1.54) is 44.9 Å². The molecule has 2 N–H and O–H groups in total. The number of carbonyl (C=O) groups is 1. The van der Waals surface area contributed by atoms with Crippen LogP contribution in [0, 0.1) is 11.8 Å². The van der Waals surface area contributed by atoms with Crippen LogP contribution in [0.4, 0.5) is 10.5 Å². The Morgan fingerprint density at radius 3 is 2.67 bits per heavy atom. The van der Waals surface area contributed by atoms with Crippen molar-refractivity contribution in [3.63, 3.8) is 0 Å². The van der Waals surface area contributed by atoms with Crippen LogP contribution in [0.25, 0.3) is 0 Å². The number of hydrogen-bond donors (Lipinski definition) is 2. The molecule has 6 heteroatoms. The molecular weight excluding hydrogens is 304 g/mol.